The first-order chi connectivity index (χ1) is 16.1. The van der Waals surface area contributed by atoms with Crippen LogP contribution in [0.25, 0.3) is 0 Å². The number of thiophene rings is 1. The Morgan fingerprint density at radius 2 is 1.91 bits per heavy atom. The topological polar surface area (TPSA) is 138 Å². The molecule has 1 amide bonds. The van der Waals surface area contributed by atoms with Crippen molar-refractivity contribution in [3.63, 3.8) is 0 Å². The van der Waals surface area contributed by atoms with Gasteiger partial charge in [0.2, 0.25) is 0 Å². The van der Waals surface area contributed by atoms with Crippen molar-refractivity contribution in [3.8, 4) is 5.75 Å². The average Bonchev–Trinajstić information content (AvgIpc) is 3.52. The molecule has 3 aromatic heterocycles. The molecule has 1 atom stereocenters. The molecule has 10 nitrogen and oxygen atoms in total. The van der Waals surface area contributed by atoms with Gasteiger partial charge in [-0.05, 0) is 32.9 Å². The van der Waals surface area contributed by atoms with E-state index in [1.165, 1.54) is 17.3 Å². The van der Waals surface area contributed by atoms with Crippen molar-refractivity contribution < 1.29 is 18.8 Å². The third-order valence-electron chi connectivity index (χ3n) is 5.22. The maximum atomic E-state index is 12.8. The van der Waals surface area contributed by atoms with E-state index in [0.29, 0.717) is 22.9 Å². The summed E-state index contributed by atoms with van der Waals surface area (Å²) >= 11 is 0.982. The molecule has 0 aliphatic rings. The predicted molar refractivity (Wildman–Crippen MR) is 129 cm³/mol. The molecule has 176 valence electrons. The van der Waals surface area contributed by atoms with Crippen molar-refractivity contribution >= 4 is 40.1 Å². The molecule has 4 rings (SSSR count). The molecule has 4 aromatic rings. The second kappa shape index (κ2) is 8.67. The fourth-order valence-electron chi connectivity index (χ4n) is 3.33. The summed E-state index contributed by atoms with van der Waals surface area (Å²) in [6.07, 6.45) is 0. The van der Waals surface area contributed by atoms with Gasteiger partial charge in [0.25, 0.3) is 16.8 Å². The lowest BCUT2D eigenvalue weighted by atomic mass is 10.1. The minimum Gasteiger partial charge on any atom is -0.504 e. The van der Waals surface area contributed by atoms with Gasteiger partial charge in [-0.25, -0.2) is 0 Å². The molecule has 3 heterocycles. The number of rotatable bonds is 8. The van der Waals surface area contributed by atoms with E-state index in [0.717, 1.165) is 11.3 Å². The van der Waals surface area contributed by atoms with Gasteiger partial charge < -0.3 is 24.7 Å². The Bertz CT molecular complexity index is 1470. The van der Waals surface area contributed by atoms with Crippen molar-refractivity contribution in [2.24, 2.45) is 0 Å². The van der Waals surface area contributed by atoms with E-state index in [2.05, 4.69) is 22.4 Å². The smallest absolute Gasteiger partial charge is 0.273 e. The molecule has 1 aromatic carbocycles. The fourth-order valence-corrected chi connectivity index (χ4v) is 4.20. The molecule has 0 aliphatic heterocycles. The normalized spacial score (nSPS) is 12.0. The summed E-state index contributed by atoms with van der Waals surface area (Å²) in [5, 5.41) is 21.7. The molecule has 0 saturated carbocycles. The second-order valence-corrected chi connectivity index (χ2v) is 8.77. The SMILES string of the molecule is C=C(C)[C@@H](Nc1c(Nc2csc(C(=O)N(C)c3cc(C)on3)c2O)c(=O)c1=O)c1ccc(C)o1. The number of anilines is 4. The lowest BCUT2D eigenvalue weighted by molar-refractivity contribution is 0.0993. The number of aromatic nitrogens is 1. The van der Waals surface area contributed by atoms with Crippen LogP contribution in [-0.2, 0) is 0 Å². The summed E-state index contributed by atoms with van der Waals surface area (Å²) in [5.41, 5.74) is -0.635. The number of furan rings is 1. The molecule has 11 heteroatoms. The minimum absolute atomic E-state index is 0.0212. The van der Waals surface area contributed by atoms with E-state index in [1.54, 1.807) is 39.0 Å². The monoisotopic (exact) mass is 482 g/mol. The van der Waals surface area contributed by atoms with Crippen LogP contribution >= 0.6 is 11.3 Å². The third kappa shape index (κ3) is 4.01. The highest BCUT2D eigenvalue weighted by atomic mass is 32.1. The average molecular weight is 483 g/mol. The number of hydrogen-bond acceptors (Lipinski definition) is 10. The zero-order valence-electron chi connectivity index (χ0n) is 18.9. The first kappa shape index (κ1) is 23.1. The summed E-state index contributed by atoms with van der Waals surface area (Å²) in [6.45, 7) is 9.19. The van der Waals surface area contributed by atoms with Crippen LogP contribution in [0, 0.1) is 13.8 Å². The Kier molecular flexibility index (Phi) is 5.88. The van der Waals surface area contributed by atoms with Crippen LogP contribution in [-0.4, -0.2) is 23.2 Å². The highest BCUT2D eigenvalue weighted by molar-refractivity contribution is 7.13. The van der Waals surface area contributed by atoms with Crippen LogP contribution in [0.15, 0.2) is 54.3 Å². The summed E-state index contributed by atoms with van der Waals surface area (Å²) in [5.74, 6) is 1.20. The number of amides is 1. The Balaban J connectivity index is 1.58. The first-order valence-electron chi connectivity index (χ1n) is 10.2. The molecule has 0 radical (unpaired) electrons. The third-order valence-corrected chi connectivity index (χ3v) is 6.18. The van der Waals surface area contributed by atoms with Crippen LogP contribution < -0.4 is 26.4 Å². The molecule has 3 N–H and O–H groups in total. The van der Waals surface area contributed by atoms with Gasteiger partial charge in [-0.3, -0.25) is 19.3 Å². The van der Waals surface area contributed by atoms with Crippen molar-refractivity contribution in [1.29, 1.82) is 0 Å². The zero-order valence-corrected chi connectivity index (χ0v) is 19.7. The molecular weight excluding hydrogens is 460 g/mol. The Hall–Kier alpha value is -4.12. The van der Waals surface area contributed by atoms with Crippen LogP contribution in [0.4, 0.5) is 22.9 Å². The van der Waals surface area contributed by atoms with Gasteiger partial charge in [0.15, 0.2) is 11.6 Å². The fraction of sp³-hybridized carbons (Fsp3) is 0.217. The lowest BCUT2D eigenvalue weighted by Crippen LogP contribution is -2.37. The Labute approximate surface area is 197 Å². The predicted octanol–water partition coefficient (Wildman–Crippen LogP) is 4.00. The van der Waals surface area contributed by atoms with Crippen molar-refractivity contribution in [3.05, 3.63) is 78.3 Å². The zero-order chi connectivity index (χ0) is 24.7. The number of nitrogens with zero attached hydrogens (tertiary/aromatic N) is 2. The van der Waals surface area contributed by atoms with Gasteiger partial charge >= 0.3 is 0 Å². The molecular formula is C23H22N4O6S. The van der Waals surface area contributed by atoms with E-state index >= 15 is 0 Å². The molecule has 34 heavy (non-hydrogen) atoms. The first-order valence-corrected chi connectivity index (χ1v) is 11.1. The largest absolute Gasteiger partial charge is 0.504 e. The van der Waals surface area contributed by atoms with Crippen LogP contribution in [0.5, 0.6) is 5.75 Å². The van der Waals surface area contributed by atoms with Crippen molar-refractivity contribution in [1.82, 2.24) is 5.16 Å². The second-order valence-electron chi connectivity index (χ2n) is 7.89. The number of carbonyl (C=O) groups excluding carboxylic acids is 1. The van der Waals surface area contributed by atoms with Gasteiger partial charge in [0.1, 0.15) is 39.6 Å². The number of carbonyl (C=O) groups is 1. The summed E-state index contributed by atoms with van der Waals surface area (Å²) in [7, 11) is 1.50. The molecule has 0 saturated heterocycles. The summed E-state index contributed by atoms with van der Waals surface area (Å²) in [6, 6.07) is 4.59. The number of nitrogens with one attached hydrogen (secondary N) is 2. The number of aromatic hydroxyl groups is 1. The van der Waals surface area contributed by atoms with E-state index in [4.69, 9.17) is 8.94 Å². The summed E-state index contributed by atoms with van der Waals surface area (Å²) in [4.78, 5) is 38.7. The van der Waals surface area contributed by atoms with Gasteiger partial charge in [-0.1, -0.05) is 17.3 Å². The van der Waals surface area contributed by atoms with Gasteiger partial charge in [0, 0.05) is 18.5 Å². The van der Waals surface area contributed by atoms with Gasteiger partial charge in [-0.2, -0.15) is 0 Å². The Morgan fingerprint density at radius 3 is 2.50 bits per heavy atom. The van der Waals surface area contributed by atoms with Gasteiger partial charge in [-0.15, -0.1) is 11.3 Å². The summed E-state index contributed by atoms with van der Waals surface area (Å²) < 4.78 is 10.6. The maximum absolute atomic E-state index is 12.8. The molecule has 0 fully saturated rings. The van der Waals surface area contributed by atoms with E-state index in [1.807, 2.05) is 0 Å². The van der Waals surface area contributed by atoms with Crippen LogP contribution in [0.1, 0.15) is 39.9 Å². The highest BCUT2D eigenvalue weighted by Crippen LogP contribution is 2.38. The van der Waals surface area contributed by atoms with Crippen LogP contribution in [0.3, 0.4) is 0 Å². The number of aryl methyl sites for hydroxylation is 2. The molecule has 0 aliphatic carbocycles. The highest BCUT2D eigenvalue weighted by Gasteiger charge is 2.28. The lowest BCUT2D eigenvalue weighted by Gasteiger charge is -2.21. The van der Waals surface area contributed by atoms with Crippen molar-refractivity contribution in [2.75, 3.05) is 22.6 Å². The quantitative estimate of drug-likeness (QED) is 0.251. The van der Waals surface area contributed by atoms with E-state index in [9.17, 15) is 19.5 Å². The molecule has 0 bridgehead atoms. The molecule has 0 spiro atoms. The van der Waals surface area contributed by atoms with Gasteiger partial charge in [0.05, 0.1) is 5.69 Å². The standard InChI is InChI=1S/C23H22N4O6S/c1-10(2)16(14-7-6-11(3)32-14)25-18-17(20(29)21(18)30)24-13-9-34-22(19(13)28)23(31)27(5)15-8-12(4)33-26-15/h6-9,16,24-25,28H,1H2,2-5H3/t16-/m1/s1. The van der Waals surface area contributed by atoms with Crippen LogP contribution in [0.2, 0.25) is 0 Å². The van der Waals surface area contributed by atoms with E-state index < -0.39 is 22.8 Å². The number of hydrogen-bond donors (Lipinski definition) is 3. The molecule has 0 unspecified atom stereocenters. The maximum Gasteiger partial charge on any atom is 0.273 e. The Morgan fingerprint density at radius 1 is 1.21 bits per heavy atom. The van der Waals surface area contributed by atoms with Crippen molar-refractivity contribution in [2.45, 2.75) is 26.8 Å². The minimum atomic E-state index is -0.743. The van der Waals surface area contributed by atoms with E-state index in [-0.39, 0.29) is 33.5 Å².